The number of nitrogens with zero attached hydrogens (tertiary/aromatic N) is 1. The second kappa shape index (κ2) is 40.1. The molecule has 0 saturated carbocycles. The Labute approximate surface area is 350 Å². The van der Waals surface area contributed by atoms with E-state index in [1.165, 1.54) is 83.5 Å². The summed E-state index contributed by atoms with van der Waals surface area (Å²) in [6.07, 6.45) is 47.2. The quantitative estimate of drug-likeness (QED) is 0.0284. The molecule has 0 bridgehead atoms. The monoisotopic (exact) mass is 803 g/mol. The van der Waals surface area contributed by atoms with Gasteiger partial charge >= 0.3 is 17.9 Å². The van der Waals surface area contributed by atoms with E-state index in [1.54, 1.807) is 0 Å². The summed E-state index contributed by atoms with van der Waals surface area (Å²) in [5.41, 5.74) is 0. The molecule has 8 heteroatoms. The second-order valence-corrected chi connectivity index (χ2v) is 16.6. The van der Waals surface area contributed by atoms with Crippen LogP contribution in [0.1, 0.15) is 194 Å². The van der Waals surface area contributed by atoms with E-state index in [0.29, 0.717) is 19.3 Å². The van der Waals surface area contributed by atoms with E-state index in [1.807, 2.05) is 21.1 Å². The fourth-order valence-corrected chi connectivity index (χ4v) is 6.63. The van der Waals surface area contributed by atoms with Crippen molar-refractivity contribution in [3.05, 3.63) is 48.6 Å². The second-order valence-electron chi connectivity index (χ2n) is 16.6. The van der Waals surface area contributed by atoms with Crippen LogP contribution >= 0.6 is 0 Å². The number of allylic oxidation sites excluding steroid dienone is 8. The van der Waals surface area contributed by atoms with Crippen molar-refractivity contribution < 1.29 is 38.2 Å². The van der Waals surface area contributed by atoms with Gasteiger partial charge in [-0.3, -0.25) is 9.59 Å². The molecule has 0 spiro atoms. The first-order chi connectivity index (χ1) is 27.6. The molecule has 0 aromatic carbocycles. The Kier molecular flexibility index (Phi) is 38.2. The molecule has 0 aliphatic rings. The Hall–Kier alpha value is -2.71. The molecule has 330 valence electrons. The molecule has 0 aromatic rings. The lowest BCUT2D eigenvalue weighted by Crippen LogP contribution is -2.50. The maximum Gasteiger partial charge on any atom is 0.362 e. The molecule has 2 unspecified atom stereocenters. The van der Waals surface area contributed by atoms with Gasteiger partial charge in [0, 0.05) is 19.3 Å². The molecule has 0 saturated heterocycles. The summed E-state index contributed by atoms with van der Waals surface area (Å²) in [5.74, 6) is -1.49. The zero-order chi connectivity index (χ0) is 42.1. The Morgan fingerprint density at radius 1 is 0.544 bits per heavy atom. The van der Waals surface area contributed by atoms with Crippen molar-refractivity contribution >= 4 is 17.9 Å². The molecule has 0 fully saturated rings. The molecule has 8 nitrogen and oxygen atoms in total. The summed E-state index contributed by atoms with van der Waals surface area (Å²) in [7, 11) is 5.52. The van der Waals surface area contributed by atoms with Crippen molar-refractivity contribution in [2.24, 2.45) is 0 Å². The Bertz CT molecular complexity index is 1070. The van der Waals surface area contributed by atoms with Crippen LogP contribution in [-0.4, -0.2) is 80.6 Å². The van der Waals surface area contributed by atoms with Gasteiger partial charge in [-0.1, -0.05) is 152 Å². The average molecular weight is 803 g/mol. The topological polar surface area (TPSA) is 99.1 Å². The SMILES string of the molecule is CC/C=C\C/C=C\C/C=C\CCCCCCCCCC(=O)OC(COCCC(C(=O)O)[N+](C)(C)C)COC(=O)CCCCCCC/C=C\CCCCCCCCC. The maximum absolute atomic E-state index is 12.7. The van der Waals surface area contributed by atoms with Crippen molar-refractivity contribution in [1.82, 2.24) is 0 Å². The zero-order valence-electron chi connectivity index (χ0n) is 37.5. The first-order valence-electron chi connectivity index (χ1n) is 23.2. The first kappa shape index (κ1) is 54.3. The number of likely N-dealkylation sites (N-methyl/N-ethyl adjacent to an activating group) is 1. The third kappa shape index (κ3) is 38.6. The van der Waals surface area contributed by atoms with Crippen molar-refractivity contribution in [1.29, 1.82) is 0 Å². The largest absolute Gasteiger partial charge is 0.477 e. The molecule has 1 N–H and O–H groups in total. The van der Waals surface area contributed by atoms with E-state index in [2.05, 4.69) is 62.5 Å². The number of carbonyl (C=O) groups is 3. The van der Waals surface area contributed by atoms with Gasteiger partial charge in [0.25, 0.3) is 0 Å². The summed E-state index contributed by atoms with van der Waals surface area (Å²) in [6.45, 7) is 4.61. The number of carboxylic acid groups (broad SMARTS) is 1. The number of hydrogen-bond acceptors (Lipinski definition) is 6. The molecule has 0 heterocycles. The number of aliphatic carboxylic acids is 1. The van der Waals surface area contributed by atoms with Gasteiger partial charge in [-0.2, -0.15) is 0 Å². The highest BCUT2D eigenvalue weighted by atomic mass is 16.6. The van der Waals surface area contributed by atoms with Crippen LogP contribution in [0.4, 0.5) is 0 Å². The van der Waals surface area contributed by atoms with Crippen LogP contribution < -0.4 is 0 Å². The van der Waals surface area contributed by atoms with E-state index >= 15 is 0 Å². The van der Waals surface area contributed by atoms with Gasteiger partial charge in [-0.05, 0) is 70.6 Å². The molecule has 0 aliphatic heterocycles. The van der Waals surface area contributed by atoms with Crippen LogP contribution in [0.2, 0.25) is 0 Å². The molecule has 0 aliphatic carbocycles. The smallest absolute Gasteiger partial charge is 0.362 e. The zero-order valence-corrected chi connectivity index (χ0v) is 37.5. The number of carbonyl (C=O) groups excluding carboxylic acids is 2. The Morgan fingerprint density at radius 3 is 1.47 bits per heavy atom. The number of carboxylic acids is 1. The van der Waals surface area contributed by atoms with E-state index in [0.717, 1.165) is 77.0 Å². The lowest BCUT2D eigenvalue weighted by Gasteiger charge is -2.31. The van der Waals surface area contributed by atoms with Crippen molar-refractivity contribution in [3.8, 4) is 0 Å². The fourth-order valence-electron chi connectivity index (χ4n) is 6.63. The minimum absolute atomic E-state index is 0.0541. The highest BCUT2D eigenvalue weighted by Crippen LogP contribution is 2.14. The van der Waals surface area contributed by atoms with Crippen LogP contribution in [0.25, 0.3) is 0 Å². The number of rotatable bonds is 41. The lowest BCUT2D eigenvalue weighted by molar-refractivity contribution is -0.887. The lowest BCUT2D eigenvalue weighted by atomic mass is 10.1. The molecule has 0 radical (unpaired) electrons. The van der Waals surface area contributed by atoms with E-state index in [9.17, 15) is 19.5 Å². The van der Waals surface area contributed by atoms with Crippen LogP contribution in [0.5, 0.6) is 0 Å². The summed E-state index contributed by atoms with van der Waals surface area (Å²) < 4.78 is 17.3. The number of unbranched alkanes of at least 4 members (excludes halogenated alkanes) is 19. The van der Waals surface area contributed by atoms with Gasteiger partial charge in [0.2, 0.25) is 0 Å². The number of quaternary nitrogens is 1. The number of ether oxygens (including phenoxy) is 3. The minimum atomic E-state index is -0.878. The van der Waals surface area contributed by atoms with Gasteiger partial charge in [-0.25, -0.2) is 4.79 Å². The van der Waals surface area contributed by atoms with Crippen molar-refractivity contribution in [3.63, 3.8) is 0 Å². The third-order valence-electron chi connectivity index (χ3n) is 10.2. The minimum Gasteiger partial charge on any atom is -0.477 e. The van der Waals surface area contributed by atoms with Gasteiger partial charge in [0.05, 0.1) is 34.4 Å². The highest BCUT2D eigenvalue weighted by molar-refractivity contribution is 5.72. The van der Waals surface area contributed by atoms with Gasteiger partial charge in [0.15, 0.2) is 12.1 Å². The highest BCUT2D eigenvalue weighted by Gasteiger charge is 2.31. The molecular weight excluding hydrogens is 715 g/mol. The summed E-state index contributed by atoms with van der Waals surface area (Å²) in [4.78, 5) is 37.0. The summed E-state index contributed by atoms with van der Waals surface area (Å²) in [6, 6.07) is -0.618. The summed E-state index contributed by atoms with van der Waals surface area (Å²) in [5, 5.41) is 9.63. The number of hydrogen-bond donors (Lipinski definition) is 1. The Morgan fingerprint density at radius 2 is 0.982 bits per heavy atom. The fraction of sp³-hybridized carbons (Fsp3) is 0.776. The van der Waals surface area contributed by atoms with E-state index in [4.69, 9.17) is 14.2 Å². The molecular formula is C49H88NO7+. The number of esters is 2. The summed E-state index contributed by atoms with van der Waals surface area (Å²) >= 11 is 0. The van der Waals surface area contributed by atoms with Crippen molar-refractivity contribution in [2.75, 3.05) is 41.0 Å². The normalized spacial score (nSPS) is 13.4. The van der Waals surface area contributed by atoms with Gasteiger partial charge in [0.1, 0.15) is 6.61 Å². The van der Waals surface area contributed by atoms with Crippen LogP contribution in [0.3, 0.4) is 0 Å². The van der Waals surface area contributed by atoms with Crippen LogP contribution in [0.15, 0.2) is 48.6 Å². The van der Waals surface area contributed by atoms with E-state index in [-0.39, 0.29) is 36.2 Å². The first-order valence-corrected chi connectivity index (χ1v) is 23.2. The predicted octanol–water partition coefficient (Wildman–Crippen LogP) is 12.8. The Balaban J connectivity index is 4.34. The predicted molar refractivity (Wildman–Crippen MR) is 238 cm³/mol. The molecule has 0 aromatic heterocycles. The molecule has 0 rings (SSSR count). The molecule has 57 heavy (non-hydrogen) atoms. The van der Waals surface area contributed by atoms with Crippen molar-refractivity contribution in [2.45, 2.75) is 206 Å². The van der Waals surface area contributed by atoms with Crippen LogP contribution in [0, 0.1) is 0 Å². The molecule has 0 amide bonds. The standard InChI is InChI=1S/C49H87NO7/c1-6-8-10-12-14-16-18-20-22-24-26-28-30-32-34-36-38-40-48(52)57-45(43-55-42-41-46(49(53)54)50(3,4)5)44-56-47(51)39-37-35-33-31-29-27-25-23-21-19-17-15-13-11-9-7-2/h8,10,14,16,20,22-23,25,45-46H,6-7,9,11-13,15,17-19,21,24,26-44H2,1-5H3/p+1/b10-8-,16-14-,22-20-,25-23-. The third-order valence-corrected chi connectivity index (χ3v) is 10.2. The van der Waals surface area contributed by atoms with Crippen LogP contribution in [-0.2, 0) is 28.6 Å². The van der Waals surface area contributed by atoms with Gasteiger partial charge < -0.3 is 23.8 Å². The average Bonchev–Trinajstić information content (AvgIpc) is 3.17. The van der Waals surface area contributed by atoms with E-state index < -0.39 is 18.1 Å². The maximum atomic E-state index is 12.7. The van der Waals surface area contributed by atoms with Gasteiger partial charge in [-0.15, -0.1) is 0 Å². The molecule has 2 atom stereocenters.